The number of hydrogen-bond acceptors (Lipinski definition) is 4. The first-order valence-electron chi connectivity index (χ1n) is 7.74. The standard InChI is InChI=1S/C17H15F3N4OS/c1-10(2)13-9-26-16(21-13)22-15(25)11-3-5-12(6-4-11)24-8-7-14(23-24)17(18,19)20/h3-10H,1-2H3,(H,21,22,25). The Morgan fingerprint density at radius 3 is 2.42 bits per heavy atom. The molecular weight excluding hydrogens is 365 g/mol. The quantitative estimate of drug-likeness (QED) is 0.712. The smallest absolute Gasteiger partial charge is 0.298 e. The molecular formula is C17H15F3N4OS. The lowest BCUT2D eigenvalue weighted by atomic mass is 10.2. The number of nitrogens with one attached hydrogen (secondary N) is 1. The fourth-order valence-electron chi connectivity index (χ4n) is 2.16. The van der Waals surface area contributed by atoms with E-state index in [2.05, 4.69) is 15.4 Å². The minimum absolute atomic E-state index is 0.270. The van der Waals surface area contributed by atoms with Gasteiger partial charge in [-0.2, -0.15) is 18.3 Å². The van der Waals surface area contributed by atoms with Gasteiger partial charge in [0.2, 0.25) is 0 Å². The van der Waals surface area contributed by atoms with Crippen LogP contribution in [-0.4, -0.2) is 20.7 Å². The van der Waals surface area contributed by atoms with Gasteiger partial charge in [-0.05, 0) is 36.2 Å². The highest BCUT2D eigenvalue weighted by atomic mass is 32.1. The zero-order valence-electron chi connectivity index (χ0n) is 13.9. The summed E-state index contributed by atoms with van der Waals surface area (Å²) in [6.45, 7) is 4.03. The highest BCUT2D eigenvalue weighted by Gasteiger charge is 2.33. The molecule has 0 atom stereocenters. The molecule has 1 N–H and O–H groups in total. The predicted molar refractivity (Wildman–Crippen MR) is 92.7 cm³/mol. The lowest BCUT2D eigenvalue weighted by Gasteiger charge is -2.05. The van der Waals surface area contributed by atoms with E-state index in [1.54, 1.807) is 0 Å². The summed E-state index contributed by atoms with van der Waals surface area (Å²) >= 11 is 1.34. The van der Waals surface area contributed by atoms with Gasteiger partial charge in [-0.1, -0.05) is 13.8 Å². The molecule has 26 heavy (non-hydrogen) atoms. The van der Waals surface area contributed by atoms with Crippen molar-refractivity contribution in [2.24, 2.45) is 0 Å². The highest BCUT2D eigenvalue weighted by Crippen LogP contribution is 2.28. The molecule has 0 aliphatic heterocycles. The van der Waals surface area contributed by atoms with Crippen LogP contribution in [0.15, 0.2) is 41.9 Å². The van der Waals surface area contributed by atoms with Crippen LogP contribution < -0.4 is 5.32 Å². The average molecular weight is 380 g/mol. The number of amides is 1. The molecule has 0 spiro atoms. The first-order chi connectivity index (χ1) is 12.2. The van der Waals surface area contributed by atoms with E-state index in [4.69, 9.17) is 0 Å². The van der Waals surface area contributed by atoms with Gasteiger partial charge in [-0.15, -0.1) is 11.3 Å². The van der Waals surface area contributed by atoms with Crippen LogP contribution in [0.5, 0.6) is 0 Å². The minimum Gasteiger partial charge on any atom is -0.298 e. The molecule has 2 heterocycles. The van der Waals surface area contributed by atoms with E-state index in [9.17, 15) is 18.0 Å². The molecule has 136 valence electrons. The number of alkyl halides is 3. The number of rotatable bonds is 4. The molecule has 0 aliphatic rings. The molecule has 0 fully saturated rings. The van der Waals surface area contributed by atoms with Crippen molar-refractivity contribution < 1.29 is 18.0 Å². The van der Waals surface area contributed by atoms with E-state index in [-0.39, 0.29) is 11.8 Å². The lowest BCUT2D eigenvalue weighted by Crippen LogP contribution is -2.12. The molecule has 5 nitrogen and oxygen atoms in total. The Balaban J connectivity index is 1.72. The Labute approximate surface area is 151 Å². The Bertz CT molecular complexity index is 913. The van der Waals surface area contributed by atoms with E-state index < -0.39 is 11.9 Å². The maximum absolute atomic E-state index is 12.6. The maximum Gasteiger partial charge on any atom is 0.435 e. The van der Waals surface area contributed by atoms with Crippen LogP contribution in [0, 0.1) is 0 Å². The van der Waals surface area contributed by atoms with Gasteiger partial charge >= 0.3 is 6.18 Å². The fourth-order valence-corrected chi connectivity index (χ4v) is 3.03. The number of thiazole rings is 1. The predicted octanol–water partition coefficient (Wildman–Crippen LogP) is 4.72. The summed E-state index contributed by atoms with van der Waals surface area (Å²) in [6, 6.07) is 7.01. The normalized spacial score (nSPS) is 11.8. The topological polar surface area (TPSA) is 59.8 Å². The molecule has 1 amide bonds. The van der Waals surface area contributed by atoms with Crippen LogP contribution in [-0.2, 0) is 6.18 Å². The molecule has 3 rings (SSSR count). The third-order valence-corrected chi connectivity index (χ3v) is 4.38. The number of benzene rings is 1. The summed E-state index contributed by atoms with van der Waals surface area (Å²) in [5, 5.41) is 8.60. The first-order valence-corrected chi connectivity index (χ1v) is 8.62. The number of carbonyl (C=O) groups is 1. The Kier molecular flexibility index (Phi) is 4.82. The van der Waals surface area contributed by atoms with Gasteiger partial charge in [-0.25, -0.2) is 9.67 Å². The van der Waals surface area contributed by atoms with Crippen molar-refractivity contribution >= 4 is 22.4 Å². The number of hydrogen-bond donors (Lipinski definition) is 1. The van der Waals surface area contributed by atoms with Crippen molar-refractivity contribution in [2.45, 2.75) is 25.9 Å². The third kappa shape index (κ3) is 3.93. The van der Waals surface area contributed by atoms with Crippen molar-refractivity contribution in [2.75, 3.05) is 5.32 Å². The Morgan fingerprint density at radius 2 is 1.88 bits per heavy atom. The van der Waals surface area contributed by atoms with Gasteiger partial charge in [0.15, 0.2) is 10.8 Å². The third-order valence-electron chi connectivity index (χ3n) is 3.61. The second-order valence-electron chi connectivity index (χ2n) is 5.88. The van der Waals surface area contributed by atoms with Crippen molar-refractivity contribution in [1.82, 2.24) is 14.8 Å². The largest absolute Gasteiger partial charge is 0.435 e. The number of halogens is 3. The lowest BCUT2D eigenvalue weighted by molar-refractivity contribution is -0.141. The molecule has 3 aromatic rings. The second kappa shape index (κ2) is 6.91. The minimum atomic E-state index is -4.49. The zero-order valence-corrected chi connectivity index (χ0v) is 14.7. The van der Waals surface area contributed by atoms with Crippen LogP contribution in [0.2, 0.25) is 0 Å². The van der Waals surface area contributed by atoms with Gasteiger partial charge in [0.25, 0.3) is 5.91 Å². The van der Waals surface area contributed by atoms with Gasteiger partial charge in [0, 0.05) is 17.1 Å². The molecule has 0 aliphatic carbocycles. The Morgan fingerprint density at radius 1 is 1.19 bits per heavy atom. The van der Waals surface area contributed by atoms with Crippen molar-refractivity contribution in [3.05, 3.63) is 58.9 Å². The van der Waals surface area contributed by atoms with Gasteiger partial charge in [0.05, 0.1) is 11.4 Å². The van der Waals surface area contributed by atoms with Crippen molar-refractivity contribution in [1.29, 1.82) is 0 Å². The highest BCUT2D eigenvalue weighted by molar-refractivity contribution is 7.14. The molecule has 0 saturated heterocycles. The SMILES string of the molecule is CC(C)c1csc(NC(=O)c2ccc(-n3ccc(C(F)(F)F)n3)cc2)n1. The maximum atomic E-state index is 12.6. The summed E-state index contributed by atoms with van der Waals surface area (Å²) in [5.41, 5.74) is 0.732. The van der Waals surface area contributed by atoms with Crippen LogP contribution in [0.1, 0.15) is 41.5 Å². The van der Waals surface area contributed by atoms with E-state index in [1.165, 1.54) is 41.8 Å². The van der Waals surface area contributed by atoms with Crippen LogP contribution in [0.3, 0.4) is 0 Å². The van der Waals surface area contributed by atoms with Crippen molar-refractivity contribution in [3.8, 4) is 5.69 Å². The van der Waals surface area contributed by atoms with E-state index in [0.29, 0.717) is 16.4 Å². The number of nitrogens with zero attached hydrogens (tertiary/aromatic N) is 3. The summed E-state index contributed by atoms with van der Waals surface area (Å²) in [5.74, 6) is -0.0653. The van der Waals surface area contributed by atoms with Crippen molar-refractivity contribution in [3.63, 3.8) is 0 Å². The average Bonchev–Trinajstić information content (AvgIpc) is 3.24. The summed E-state index contributed by atoms with van der Waals surface area (Å²) in [4.78, 5) is 16.6. The number of carbonyl (C=O) groups excluding carboxylic acids is 1. The summed E-state index contributed by atoms with van der Waals surface area (Å²) in [7, 11) is 0. The van der Waals surface area contributed by atoms with Gasteiger partial charge in [-0.3, -0.25) is 10.1 Å². The van der Waals surface area contributed by atoms with Gasteiger partial charge in [0.1, 0.15) is 0 Å². The summed E-state index contributed by atoms with van der Waals surface area (Å²) in [6.07, 6.45) is -3.27. The molecule has 9 heteroatoms. The second-order valence-corrected chi connectivity index (χ2v) is 6.73. The monoisotopic (exact) mass is 380 g/mol. The van der Waals surface area contributed by atoms with Crippen LogP contribution in [0.4, 0.5) is 18.3 Å². The number of anilines is 1. The number of aromatic nitrogens is 3. The van der Waals surface area contributed by atoms with Gasteiger partial charge < -0.3 is 0 Å². The summed E-state index contributed by atoms with van der Waals surface area (Å²) < 4.78 is 38.9. The molecule has 0 bridgehead atoms. The first kappa shape index (κ1) is 18.1. The van der Waals surface area contributed by atoms with E-state index in [0.717, 1.165) is 16.4 Å². The van der Waals surface area contributed by atoms with E-state index >= 15 is 0 Å². The van der Waals surface area contributed by atoms with Crippen LogP contribution >= 0.6 is 11.3 Å². The molecule has 0 radical (unpaired) electrons. The van der Waals surface area contributed by atoms with Crippen LogP contribution in [0.25, 0.3) is 5.69 Å². The molecule has 2 aromatic heterocycles. The Hall–Kier alpha value is -2.68. The van der Waals surface area contributed by atoms with E-state index in [1.807, 2.05) is 19.2 Å². The molecule has 0 saturated carbocycles. The molecule has 0 unspecified atom stereocenters. The zero-order chi connectivity index (χ0) is 18.9. The fraction of sp³-hybridized carbons (Fsp3) is 0.235. The molecule has 1 aromatic carbocycles.